The monoisotopic (exact) mass is 364 g/mol. The van der Waals surface area contributed by atoms with Gasteiger partial charge in [0.1, 0.15) is 5.75 Å². The number of aryl methyl sites for hydroxylation is 1. The topological polar surface area (TPSA) is 91.0 Å². The van der Waals surface area contributed by atoms with Gasteiger partial charge in [0.25, 0.3) is 0 Å². The summed E-state index contributed by atoms with van der Waals surface area (Å²) < 4.78 is 19.1. The second kappa shape index (κ2) is 6.75. The van der Waals surface area contributed by atoms with E-state index in [0.717, 1.165) is 5.56 Å². The summed E-state index contributed by atoms with van der Waals surface area (Å²) >= 11 is 0. The van der Waals surface area contributed by atoms with E-state index in [-0.39, 0.29) is 23.5 Å². The van der Waals surface area contributed by atoms with Crippen molar-refractivity contribution in [3.63, 3.8) is 0 Å². The second-order valence-corrected chi connectivity index (χ2v) is 6.46. The molecule has 0 bridgehead atoms. The molecule has 136 valence electrons. The van der Waals surface area contributed by atoms with E-state index in [1.165, 1.54) is 12.1 Å². The molecule has 1 unspecified atom stereocenters. The van der Waals surface area contributed by atoms with Crippen molar-refractivity contribution in [2.45, 2.75) is 25.7 Å². The van der Waals surface area contributed by atoms with Gasteiger partial charge in [0.15, 0.2) is 5.78 Å². The highest BCUT2D eigenvalue weighted by Crippen LogP contribution is 2.38. The Kier molecular flexibility index (Phi) is 4.27. The van der Waals surface area contributed by atoms with Crippen LogP contribution in [0.25, 0.3) is 0 Å². The van der Waals surface area contributed by atoms with Crippen LogP contribution in [0.4, 0.5) is 10.3 Å². The lowest BCUT2D eigenvalue weighted by atomic mass is 9.81. The van der Waals surface area contributed by atoms with E-state index in [2.05, 4.69) is 15.0 Å². The highest BCUT2D eigenvalue weighted by Gasteiger charge is 2.31. The Balaban J connectivity index is 1.69. The number of Topliss-reactive ketones (excluding diaryl/α,β-unsaturated/α-hetero) is 1. The molecule has 1 aliphatic carbocycles. The molecular formula is C20H17FN4O2. The van der Waals surface area contributed by atoms with Crippen molar-refractivity contribution in [2.75, 3.05) is 5.73 Å². The molecule has 2 heterocycles. The number of nitrogens with zero attached hydrogens (tertiary/aromatic N) is 3. The molecule has 4 rings (SSSR count). The van der Waals surface area contributed by atoms with Crippen molar-refractivity contribution >= 4 is 11.7 Å². The number of ketones is 1. The number of nitrogens with two attached hydrogens (primary N) is 1. The fourth-order valence-corrected chi connectivity index (χ4v) is 3.49. The highest BCUT2D eigenvalue weighted by molar-refractivity contribution is 5.99. The molecule has 2 N–H and O–H groups in total. The third-order valence-corrected chi connectivity index (χ3v) is 4.60. The van der Waals surface area contributed by atoms with Gasteiger partial charge in [-0.25, -0.2) is 9.97 Å². The van der Waals surface area contributed by atoms with E-state index in [0.29, 0.717) is 35.5 Å². The lowest BCUT2D eigenvalue weighted by Crippen LogP contribution is -2.23. The lowest BCUT2D eigenvalue weighted by molar-refractivity contribution is 0.0961. The Hall–Kier alpha value is -3.35. The van der Waals surface area contributed by atoms with Gasteiger partial charge in [0, 0.05) is 18.4 Å². The molecule has 2 aromatic heterocycles. The average Bonchev–Trinajstić information content (AvgIpc) is 2.61. The first-order valence-electron chi connectivity index (χ1n) is 8.57. The summed E-state index contributed by atoms with van der Waals surface area (Å²) in [4.78, 5) is 24.8. The maximum atomic E-state index is 13.4. The van der Waals surface area contributed by atoms with Gasteiger partial charge in [-0.2, -0.15) is 9.37 Å². The summed E-state index contributed by atoms with van der Waals surface area (Å²) in [6.45, 7) is 1.77. The van der Waals surface area contributed by atoms with Crippen LogP contribution in [0.1, 0.15) is 39.6 Å². The maximum Gasteiger partial charge on any atom is 0.221 e. The quantitative estimate of drug-likeness (QED) is 0.714. The first-order chi connectivity index (χ1) is 13.0. The van der Waals surface area contributed by atoms with Gasteiger partial charge in [-0.3, -0.25) is 4.79 Å². The summed E-state index contributed by atoms with van der Waals surface area (Å²) in [7, 11) is 0. The van der Waals surface area contributed by atoms with E-state index in [4.69, 9.17) is 10.5 Å². The SMILES string of the molecule is Cc1nc(N)nc2c1C(=O)CC(c1ccccc1Oc1cccc(F)n1)C2. The molecule has 0 spiro atoms. The van der Waals surface area contributed by atoms with Gasteiger partial charge in [-0.05, 0) is 31.0 Å². The first kappa shape index (κ1) is 17.1. The molecule has 0 aliphatic heterocycles. The van der Waals surface area contributed by atoms with Crippen molar-refractivity contribution in [3.8, 4) is 11.6 Å². The normalized spacial score (nSPS) is 16.1. The Labute approximate surface area is 155 Å². The van der Waals surface area contributed by atoms with E-state index >= 15 is 0 Å². The molecule has 3 aromatic rings. The van der Waals surface area contributed by atoms with Crippen molar-refractivity contribution in [1.82, 2.24) is 15.0 Å². The molecule has 27 heavy (non-hydrogen) atoms. The molecule has 0 amide bonds. The third-order valence-electron chi connectivity index (χ3n) is 4.60. The fourth-order valence-electron chi connectivity index (χ4n) is 3.49. The van der Waals surface area contributed by atoms with Gasteiger partial charge in [0.2, 0.25) is 17.8 Å². The summed E-state index contributed by atoms with van der Waals surface area (Å²) in [5, 5.41) is 0. The number of rotatable bonds is 3. The number of carbonyl (C=O) groups excluding carboxylic acids is 1. The Morgan fingerprint density at radius 3 is 2.70 bits per heavy atom. The van der Waals surface area contributed by atoms with Crippen LogP contribution in [0.5, 0.6) is 11.6 Å². The minimum absolute atomic E-state index is 0.0163. The van der Waals surface area contributed by atoms with E-state index < -0.39 is 5.95 Å². The zero-order chi connectivity index (χ0) is 19.0. The number of fused-ring (bicyclic) bond motifs is 1. The van der Waals surface area contributed by atoms with E-state index in [1.807, 2.05) is 18.2 Å². The Morgan fingerprint density at radius 2 is 1.89 bits per heavy atom. The van der Waals surface area contributed by atoms with Crippen molar-refractivity contribution in [2.24, 2.45) is 0 Å². The van der Waals surface area contributed by atoms with Gasteiger partial charge in [0.05, 0.1) is 17.0 Å². The van der Waals surface area contributed by atoms with Crippen LogP contribution in [0.15, 0.2) is 42.5 Å². The number of carbonyl (C=O) groups is 1. The number of nitrogen functional groups attached to an aromatic ring is 1. The molecule has 6 nitrogen and oxygen atoms in total. The standard InChI is InChI=1S/C20H17FN4O2/c1-11-19-14(24-20(22)23-11)9-12(10-15(19)26)13-5-2-3-6-16(13)27-18-8-4-7-17(21)25-18/h2-8,12H,9-10H2,1H3,(H2,22,23,24). The number of para-hydroxylation sites is 1. The molecule has 0 saturated heterocycles. The van der Waals surface area contributed by atoms with Gasteiger partial charge >= 0.3 is 0 Å². The van der Waals surface area contributed by atoms with Crippen LogP contribution >= 0.6 is 0 Å². The van der Waals surface area contributed by atoms with Crippen molar-refractivity contribution < 1.29 is 13.9 Å². The summed E-state index contributed by atoms with van der Waals surface area (Å²) in [6.07, 6.45) is 0.865. The largest absolute Gasteiger partial charge is 0.439 e. The smallest absolute Gasteiger partial charge is 0.221 e. The van der Waals surface area contributed by atoms with Gasteiger partial charge < -0.3 is 10.5 Å². The Morgan fingerprint density at radius 1 is 1.07 bits per heavy atom. The lowest BCUT2D eigenvalue weighted by Gasteiger charge is -2.25. The maximum absolute atomic E-state index is 13.4. The second-order valence-electron chi connectivity index (χ2n) is 6.46. The molecule has 1 aromatic carbocycles. The number of hydrogen-bond donors (Lipinski definition) is 1. The average molecular weight is 364 g/mol. The molecular weight excluding hydrogens is 347 g/mol. The van der Waals surface area contributed by atoms with Crippen LogP contribution in [0, 0.1) is 12.9 Å². The number of halogens is 1. The summed E-state index contributed by atoms with van der Waals surface area (Å²) in [5.41, 5.74) is 8.42. The number of pyridine rings is 1. The van der Waals surface area contributed by atoms with Gasteiger partial charge in [-0.15, -0.1) is 0 Å². The molecule has 7 heteroatoms. The van der Waals surface area contributed by atoms with Crippen LogP contribution in [-0.4, -0.2) is 20.7 Å². The van der Waals surface area contributed by atoms with Crippen LogP contribution in [0.2, 0.25) is 0 Å². The zero-order valence-corrected chi connectivity index (χ0v) is 14.6. The summed E-state index contributed by atoms with van der Waals surface area (Å²) in [6, 6.07) is 11.7. The molecule has 0 saturated carbocycles. The molecule has 1 atom stereocenters. The number of hydrogen-bond acceptors (Lipinski definition) is 6. The number of anilines is 1. The first-order valence-corrected chi connectivity index (χ1v) is 8.57. The highest BCUT2D eigenvalue weighted by atomic mass is 19.1. The zero-order valence-electron chi connectivity index (χ0n) is 14.6. The van der Waals surface area contributed by atoms with Crippen molar-refractivity contribution in [3.05, 3.63) is 70.9 Å². The molecule has 0 radical (unpaired) electrons. The fraction of sp³-hybridized carbons (Fsp3) is 0.200. The number of ether oxygens (including phenoxy) is 1. The van der Waals surface area contributed by atoms with Crippen LogP contribution < -0.4 is 10.5 Å². The minimum Gasteiger partial charge on any atom is -0.439 e. The molecule has 0 fully saturated rings. The predicted molar refractivity (Wildman–Crippen MR) is 97.3 cm³/mol. The Bertz CT molecular complexity index is 1040. The van der Waals surface area contributed by atoms with Crippen LogP contribution in [0.3, 0.4) is 0 Å². The van der Waals surface area contributed by atoms with Crippen LogP contribution in [-0.2, 0) is 6.42 Å². The van der Waals surface area contributed by atoms with E-state index in [1.54, 1.807) is 19.1 Å². The van der Waals surface area contributed by atoms with E-state index in [9.17, 15) is 9.18 Å². The van der Waals surface area contributed by atoms with Gasteiger partial charge in [-0.1, -0.05) is 24.3 Å². The van der Waals surface area contributed by atoms with Crippen molar-refractivity contribution in [1.29, 1.82) is 0 Å². The predicted octanol–water partition coefficient (Wildman–Crippen LogP) is 3.61. The summed E-state index contributed by atoms with van der Waals surface area (Å²) in [5.74, 6) is 0.103. The number of aromatic nitrogens is 3. The molecule has 1 aliphatic rings. The third kappa shape index (κ3) is 3.36. The number of benzene rings is 1. The minimum atomic E-state index is -0.616.